The van der Waals surface area contributed by atoms with E-state index in [2.05, 4.69) is 5.10 Å². The third kappa shape index (κ3) is 3.88. The van der Waals surface area contributed by atoms with E-state index in [1.54, 1.807) is 31.2 Å². The van der Waals surface area contributed by atoms with Gasteiger partial charge < -0.3 is 19.4 Å². The third-order valence-corrected chi connectivity index (χ3v) is 4.20. The molecule has 0 unspecified atom stereocenters. The van der Waals surface area contributed by atoms with Crippen molar-refractivity contribution in [2.45, 2.75) is 20.0 Å². The molecular weight excluding hydrogens is 360 g/mol. The van der Waals surface area contributed by atoms with Crippen molar-refractivity contribution in [2.75, 3.05) is 12.1 Å². The van der Waals surface area contributed by atoms with Gasteiger partial charge in [-0.15, -0.1) is 0 Å². The summed E-state index contributed by atoms with van der Waals surface area (Å²) in [4.78, 5) is 23.7. The molecule has 28 heavy (non-hydrogen) atoms. The van der Waals surface area contributed by atoms with Gasteiger partial charge in [0, 0.05) is 0 Å². The summed E-state index contributed by atoms with van der Waals surface area (Å²) in [6, 6.07) is 14.1. The SMILES string of the molecule is COc1cc(/C=C2/C(=O)N(c3ccccc3)N=C2C)ccc1O[C@H](C)C(=O)[O-]. The Morgan fingerprint density at radius 1 is 1.18 bits per heavy atom. The average Bonchev–Trinajstić information content (AvgIpc) is 2.97. The van der Waals surface area contributed by atoms with E-state index in [1.807, 2.05) is 30.3 Å². The first kappa shape index (κ1) is 19.2. The number of para-hydroxylation sites is 1. The predicted molar refractivity (Wildman–Crippen MR) is 103 cm³/mol. The molecule has 1 heterocycles. The van der Waals surface area contributed by atoms with Gasteiger partial charge in [0.25, 0.3) is 5.91 Å². The maximum atomic E-state index is 12.8. The second-order valence-electron chi connectivity index (χ2n) is 6.19. The van der Waals surface area contributed by atoms with Crippen molar-refractivity contribution in [1.29, 1.82) is 0 Å². The number of aliphatic carboxylic acids is 1. The van der Waals surface area contributed by atoms with Crippen molar-refractivity contribution in [3.63, 3.8) is 0 Å². The van der Waals surface area contributed by atoms with Crippen LogP contribution >= 0.6 is 0 Å². The third-order valence-electron chi connectivity index (χ3n) is 4.20. The first-order valence-corrected chi connectivity index (χ1v) is 8.63. The highest BCUT2D eigenvalue weighted by Crippen LogP contribution is 2.31. The molecule has 0 N–H and O–H groups in total. The van der Waals surface area contributed by atoms with Crippen LogP contribution in [0.5, 0.6) is 11.5 Å². The number of rotatable bonds is 6. The molecule has 2 aromatic rings. The minimum Gasteiger partial charge on any atom is -0.546 e. The first-order valence-electron chi connectivity index (χ1n) is 8.63. The van der Waals surface area contributed by atoms with Crippen molar-refractivity contribution in [1.82, 2.24) is 0 Å². The van der Waals surface area contributed by atoms with E-state index in [0.717, 1.165) is 0 Å². The summed E-state index contributed by atoms with van der Waals surface area (Å²) < 4.78 is 10.6. The molecular formula is C21H19N2O5-. The standard InChI is InChI=1S/C21H20N2O5/c1-13-17(20(24)23(22-13)16-7-5-4-6-8-16)11-15-9-10-18(19(12-15)27-3)28-14(2)21(25)26/h4-12,14H,1-3H3,(H,25,26)/p-1/b17-11+/t14-/m1/s1. The van der Waals surface area contributed by atoms with Gasteiger partial charge in [-0.25, -0.2) is 0 Å². The summed E-state index contributed by atoms with van der Waals surface area (Å²) in [6.07, 6.45) is 0.585. The van der Waals surface area contributed by atoms with Gasteiger partial charge in [0.05, 0.1) is 30.1 Å². The normalized spacial score (nSPS) is 16.1. The topological polar surface area (TPSA) is 91.3 Å². The number of carboxylic acid groups (broad SMARTS) is 1. The van der Waals surface area contributed by atoms with Crippen LogP contribution in [0.3, 0.4) is 0 Å². The van der Waals surface area contributed by atoms with Gasteiger partial charge in [0.2, 0.25) is 0 Å². The van der Waals surface area contributed by atoms with E-state index in [1.165, 1.54) is 19.0 Å². The Balaban J connectivity index is 1.88. The van der Waals surface area contributed by atoms with E-state index < -0.39 is 12.1 Å². The number of amides is 1. The molecule has 7 nitrogen and oxygen atoms in total. The summed E-state index contributed by atoms with van der Waals surface area (Å²) in [6.45, 7) is 3.14. The number of benzene rings is 2. The largest absolute Gasteiger partial charge is 0.546 e. The van der Waals surface area contributed by atoms with Gasteiger partial charge in [-0.2, -0.15) is 10.1 Å². The van der Waals surface area contributed by atoms with Crippen LogP contribution < -0.4 is 19.6 Å². The Hall–Kier alpha value is -3.61. The van der Waals surface area contributed by atoms with Gasteiger partial charge in [0.15, 0.2) is 11.5 Å². The minimum atomic E-state index is -1.32. The molecule has 0 saturated heterocycles. The Bertz CT molecular complexity index is 966. The summed E-state index contributed by atoms with van der Waals surface area (Å²) >= 11 is 0. The molecule has 0 aromatic heterocycles. The number of carbonyl (C=O) groups is 2. The van der Waals surface area contributed by atoms with Crippen molar-refractivity contribution >= 4 is 29.4 Å². The summed E-state index contributed by atoms with van der Waals surface area (Å²) in [5.41, 5.74) is 2.44. The van der Waals surface area contributed by atoms with Gasteiger partial charge in [-0.05, 0) is 49.8 Å². The van der Waals surface area contributed by atoms with Crippen LogP contribution in [0.1, 0.15) is 19.4 Å². The lowest BCUT2D eigenvalue weighted by Gasteiger charge is -2.17. The van der Waals surface area contributed by atoms with E-state index in [0.29, 0.717) is 28.3 Å². The molecule has 144 valence electrons. The molecule has 0 bridgehead atoms. The number of hydrogen-bond acceptors (Lipinski definition) is 6. The number of hydrogen-bond donors (Lipinski definition) is 0. The minimum absolute atomic E-state index is 0.228. The van der Waals surface area contributed by atoms with Crippen molar-refractivity contribution in [2.24, 2.45) is 5.10 Å². The first-order chi connectivity index (χ1) is 13.4. The monoisotopic (exact) mass is 379 g/mol. The zero-order valence-electron chi connectivity index (χ0n) is 15.7. The number of nitrogens with zero attached hydrogens (tertiary/aromatic N) is 2. The highest BCUT2D eigenvalue weighted by molar-refractivity contribution is 6.32. The van der Waals surface area contributed by atoms with Crippen LogP contribution in [0, 0.1) is 0 Å². The molecule has 0 fully saturated rings. The van der Waals surface area contributed by atoms with Gasteiger partial charge in [-0.3, -0.25) is 4.79 Å². The van der Waals surface area contributed by atoms with Crippen molar-refractivity contribution < 1.29 is 24.2 Å². The highest BCUT2D eigenvalue weighted by Gasteiger charge is 2.28. The van der Waals surface area contributed by atoms with Gasteiger partial charge >= 0.3 is 0 Å². The number of methoxy groups -OCH3 is 1. The van der Waals surface area contributed by atoms with E-state index in [9.17, 15) is 14.7 Å². The van der Waals surface area contributed by atoms with Crippen LogP contribution in [0.2, 0.25) is 0 Å². The fourth-order valence-corrected chi connectivity index (χ4v) is 2.71. The van der Waals surface area contributed by atoms with Crippen LogP contribution in [0.25, 0.3) is 6.08 Å². The van der Waals surface area contributed by atoms with Crippen molar-refractivity contribution in [3.05, 3.63) is 59.7 Å². The molecule has 0 saturated carbocycles. The number of carbonyl (C=O) groups excluding carboxylic acids is 2. The fourth-order valence-electron chi connectivity index (χ4n) is 2.71. The highest BCUT2D eigenvalue weighted by atomic mass is 16.5. The molecule has 1 aliphatic rings. The maximum Gasteiger partial charge on any atom is 0.280 e. The smallest absolute Gasteiger partial charge is 0.280 e. The maximum absolute atomic E-state index is 12.8. The molecule has 2 aromatic carbocycles. The molecule has 0 spiro atoms. The Morgan fingerprint density at radius 3 is 2.54 bits per heavy atom. The van der Waals surface area contributed by atoms with Gasteiger partial charge in [-0.1, -0.05) is 24.3 Å². The Morgan fingerprint density at radius 2 is 1.89 bits per heavy atom. The molecule has 7 heteroatoms. The van der Waals surface area contributed by atoms with Gasteiger partial charge in [0.1, 0.15) is 6.10 Å². The zero-order chi connectivity index (χ0) is 20.3. The second-order valence-corrected chi connectivity index (χ2v) is 6.19. The van der Waals surface area contributed by atoms with E-state index >= 15 is 0 Å². The zero-order valence-corrected chi connectivity index (χ0v) is 15.7. The summed E-state index contributed by atoms with van der Waals surface area (Å²) in [7, 11) is 1.45. The second kappa shape index (κ2) is 7.96. The lowest BCUT2D eigenvalue weighted by Crippen LogP contribution is -2.37. The van der Waals surface area contributed by atoms with Crippen LogP contribution in [-0.2, 0) is 9.59 Å². The lowest BCUT2D eigenvalue weighted by atomic mass is 10.1. The summed E-state index contributed by atoms with van der Waals surface area (Å²) in [5.74, 6) is -0.927. The summed E-state index contributed by atoms with van der Waals surface area (Å²) in [5, 5.41) is 16.6. The number of hydrazone groups is 1. The number of ether oxygens (including phenoxy) is 2. The van der Waals surface area contributed by atoms with Crippen LogP contribution in [-0.4, -0.2) is 30.8 Å². The lowest BCUT2D eigenvalue weighted by molar-refractivity contribution is -0.312. The number of carboxylic acids is 1. The molecule has 1 amide bonds. The molecule has 3 rings (SSSR count). The molecule has 1 atom stereocenters. The Kier molecular flexibility index (Phi) is 5.44. The molecule has 1 aliphatic heterocycles. The molecule has 0 radical (unpaired) electrons. The average molecular weight is 379 g/mol. The van der Waals surface area contributed by atoms with E-state index in [4.69, 9.17) is 9.47 Å². The van der Waals surface area contributed by atoms with Crippen LogP contribution in [0.4, 0.5) is 5.69 Å². The van der Waals surface area contributed by atoms with E-state index in [-0.39, 0.29) is 11.7 Å². The van der Waals surface area contributed by atoms with Crippen LogP contribution in [0.15, 0.2) is 59.2 Å². The number of anilines is 1. The quantitative estimate of drug-likeness (QED) is 0.716. The van der Waals surface area contributed by atoms with Crippen molar-refractivity contribution in [3.8, 4) is 11.5 Å². The Labute approximate surface area is 162 Å². The molecule has 0 aliphatic carbocycles. The predicted octanol–water partition coefficient (Wildman–Crippen LogP) is 2.02. The fraction of sp³-hybridized carbons (Fsp3) is 0.190.